The average Bonchev–Trinajstić information content (AvgIpc) is 2.82. The van der Waals surface area contributed by atoms with Crippen molar-refractivity contribution in [3.8, 4) is 0 Å². The average molecular weight is 432 g/mol. The minimum absolute atomic E-state index is 0.0479. The van der Waals surface area contributed by atoms with Gasteiger partial charge in [-0.15, -0.1) is 11.3 Å². The molecular formula is C19H18BrN3O2S. The van der Waals surface area contributed by atoms with E-state index in [1.54, 1.807) is 11.3 Å². The molecule has 2 aromatic heterocycles. The number of hydrogen-bond acceptors (Lipinski definition) is 4. The number of nitrogens with zero attached hydrogens (tertiary/aromatic N) is 2. The fourth-order valence-electron chi connectivity index (χ4n) is 3.38. The fourth-order valence-corrected chi connectivity index (χ4v) is 4.98. The van der Waals surface area contributed by atoms with Gasteiger partial charge in [0.05, 0.1) is 17.4 Å². The summed E-state index contributed by atoms with van der Waals surface area (Å²) in [6.07, 6.45) is 6.92. The summed E-state index contributed by atoms with van der Waals surface area (Å²) in [5.74, 6) is -0.249. The van der Waals surface area contributed by atoms with Gasteiger partial charge in [0.15, 0.2) is 0 Å². The number of amides is 1. The molecule has 1 amide bonds. The van der Waals surface area contributed by atoms with Gasteiger partial charge in [0, 0.05) is 9.35 Å². The first-order chi connectivity index (χ1) is 12.6. The van der Waals surface area contributed by atoms with Gasteiger partial charge in [-0.05, 0) is 59.3 Å². The lowest BCUT2D eigenvalue weighted by molar-refractivity contribution is -0.116. The third kappa shape index (κ3) is 3.33. The molecule has 0 atom stereocenters. The molecule has 7 heteroatoms. The van der Waals surface area contributed by atoms with Gasteiger partial charge in [0.1, 0.15) is 11.4 Å². The van der Waals surface area contributed by atoms with Crippen molar-refractivity contribution in [1.82, 2.24) is 9.55 Å². The van der Waals surface area contributed by atoms with E-state index in [0.717, 1.165) is 34.1 Å². The van der Waals surface area contributed by atoms with Crippen LogP contribution in [-0.4, -0.2) is 15.5 Å². The molecule has 0 radical (unpaired) electrons. The highest BCUT2D eigenvalue weighted by molar-refractivity contribution is 9.10. The summed E-state index contributed by atoms with van der Waals surface area (Å²) in [5, 5.41) is 3.54. The number of para-hydroxylation sites is 1. The Morgan fingerprint density at radius 3 is 2.88 bits per heavy atom. The zero-order valence-electron chi connectivity index (χ0n) is 14.1. The van der Waals surface area contributed by atoms with Crippen LogP contribution in [0.3, 0.4) is 0 Å². The van der Waals surface area contributed by atoms with Crippen molar-refractivity contribution in [2.24, 2.45) is 0 Å². The number of fused-ring (bicyclic) bond motifs is 3. The van der Waals surface area contributed by atoms with Gasteiger partial charge in [-0.3, -0.25) is 14.2 Å². The molecule has 1 aliphatic carbocycles. The standard InChI is InChI=1S/C19H18BrN3O2S/c20-13-7-4-5-8-14(13)22-16(24)10-23-11-21-18-17(19(23)25)12-6-2-1-3-9-15(12)26-18/h4-5,7-8,11H,1-3,6,9-10H2,(H,22,24). The van der Waals surface area contributed by atoms with Crippen molar-refractivity contribution in [1.29, 1.82) is 0 Å². The highest BCUT2D eigenvalue weighted by Gasteiger charge is 2.19. The van der Waals surface area contributed by atoms with E-state index in [2.05, 4.69) is 26.2 Å². The van der Waals surface area contributed by atoms with Gasteiger partial charge >= 0.3 is 0 Å². The summed E-state index contributed by atoms with van der Waals surface area (Å²) in [7, 11) is 0. The summed E-state index contributed by atoms with van der Waals surface area (Å²) in [4.78, 5) is 31.9. The lowest BCUT2D eigenvalue weighted by Crippen LogP contribution is -2.28. The Hall–Kier alpha value is -1.99. The van der Waals surface area contributed by atoms with E-state index in [0.29, 0.717) is 11.1 Å². The maximum Gasteiger partial charge on any atom is 0.262 e. The summed E-state index contributed by atoms with van der Waals surface area (Å²) < 4.78 is 2.21. The molecule has 26 heavy (non-hydrogen) atoms. The smallest absolute Gasteiger partial charge is 0.262 e. The van der Waals surface area contributed by atoms with Crippen LogP contribution in [0.15, 0.2) is 39.9 Å². The van der Waals surface area contributed by atoms with Gasteiger partial charge in [-0.2, -0.15) is 0 Å². The van der Waals surface area contributed by atoms with E-state index in [1.165, 1.54) is 28.6 Å². The van der Waals surface area contributed by atoms with E-state index >= 15 is 0 Å². The van der Waals surface area contributed by atoms with Gasteiger partial charge in [-0.25, -0.2) is 4.98 Å². The molecule has 0 spiro atoms. The Bertz CT molecular complexity index is 1040. The van der Waals surface area contributed by atoms with Crippen LogP contribution in [-0.2, 0) is 24.2 Å². The molecule has 1 aromatic carbocycles. The predicted octanol–water partition coefficient (Wildman–Crippen LogP) is 4.13. The maximum absolute atomic E-state index is 13.0. The van der Waals surface area contributed by atoms with Crippen molar-refractivity contribution in [3.63, 3.8) is 0 Å². The van der Waals surface area contributed by atoms with Crippen LogP contribution in [0.2, 0.25) is 0 Å². The zero-order valence-corrected chi connectivity index (χ0v) is 16.5. The van der Waals surface area contributed by atoms with Crippen molar-refractivity contribution in [2.45, 2.75) is 38.6 Å². The van der Waals surface area contributed by atoms with Gasteiger partial charge in [-0.1, -0.05) is 18.6 Å². The molecule has 5 nitrogen and oxygen atoms in total. The van der Waals surface area contributed by atoms with Crippen LogP contribution in [0.1, 0.15) is 29.7 Å². The summed E-state index contributed by atoms with van der Waals surface area (Å²) in [5.41, 5.74) is 1.72. The molecular weight excluding hydrogens is 414 g/mol. The van der Waals surface area contributed by atoms with Gasteiger partial charge < -0.3 is 5.32 Å². The first-order valence-electron chi connectivity index (χ1n) is 8.67. The lowest BCUT2D eigenvalue weighted by atomic mass is 10.1. The number of carbonyl (C=O) groups is 1. The molecule has 0 bridgehead atoms. The van der Waals surface area contributed by atoms with E-state index in [9.17, 15) is 9.59 Å². The Labute approximate surface area is 163 Å². The number of halogens is 1. The summed E-state index contributed by atoms with van der Waals surface area (Å²) in [6, 6.07) is 7.39. The van der Waals surface area contributed by atoms with Crippen LogP contribution in [0, 0.1) is 0 Å². The number of carbonyl (C=O) groups excluding carboxylic acids is 1. The number of nitrogens with one attached hydrogen (secondary N) is 1. The highest BCUT2D eigenvalue weighted by atomic mass is 79.9. The quantitative estimate of drug-likeness (QED) is 0.634. The van der Waals surface area contributed by atoms with Crippen molar-refractivity contribution in [2.75, 3.05) is 5.32 Å². The number of benzene rings is 1. The van der Waals surface area contributed by atoms with Gasteiger partial charge in [0.25, 0.3) is 5.56 Å². The summed E-state index contributed by atoms with van der Waals surface area (Å²) >= 11 is 5.03. The number of anilines is 1. The first kappa shape index (κ1) is 17.4. The molecule has 0 saturated carbocycles. The van der Waals surface area contributed by atoms with Crippen molar-refractivity contribution >= 4 is 49.1 Å². The molecule has 0 unspecified atom stereocenters. The predicted molar refractivity (Wildman–Crippen MR) is 108 cm³/mol. The molecule has 0 fully saturated rings. The molecule has 3 aromatic rings. The van der Waals surface area contributed by atoms with Crippen molar-refractivity contribution in [3.05, 3.63) is 55.9 Å². The Morgan fingerprint density at radius 2 is 2.04 bits per heavy atom. The second-order valence-electron chi connectivity index (χ2n) is 6.45. The second-order valence-corrected chi connectivity index (χ2v) is 8.39. The molecule has 2 heterocycles. The Kier molecular flexibility index (Phi) is 4.91. The lowest BCUT2D eigenvalue weighted by Gasteiger charge is -2.09. The van der Waals surface area contributed by atoms with Crippen LogP contribution in [0.4, 0.5) is 5.69 Å². The van der Waals surface area contributed by atoms with Crippen LogP contribution < -0.4 is 10.9 Å². The number of aromatic nitrogens is 2. The minimum atomic E-state index is -0.249. The molecule has 0 aliphatic heterocycles. The number of hydrogen-bond donors (Lipinski definition) is 1. The minimum Gasteiger partial charge on any atom is -0.324 e. The van der Waals surface area contributed by atoms with Crippen LogP contribution >= 0.6 is 27.3 Å². The summed E-state index contributed by atoms with van der Waals surface area (Å²) in [6.45, 7) is -0.0479. The highest BCUT2D eigenvalue weighted by Crippen LogP contribution is 2.32. The Balaban J connectivity index is 1.64. The van der Waals surface area contributed by atoms with E-state index in [1.807, 2.05) is 24.3 Å². The largest absolute Gasteiger partial charge is 0.324 e. The number of aryl methyl sites for hydroxylation is 2. The molecule has 0 saturated heterocycles. The monoisotopic (exact) mass is 431 g/mol. The molecule has 1 aliphatic rings. The normalized spacial score (nSPS) is 14.0. The third-order valence-electron chi connectivity index (χ3n) is 4.65. The van der Waals surface area contributed by atoms with Gasteiger partial charge in [0.2, 0.25) is 5.91 Å². The van der Waals surface area contributed by atoms with E-state index in [-0.39, 0.29) is 18.0 Å². The van der Waals surface area contributed by atoms with Crippen LogP contribution in [0.25, 0.3) is 10.2 Å². The number of rotatable bonds is 3. The fraction of sp³-hybridized carbons (Fsp3) is 0.316. The van der Waals surface area contributed by atoms with Crippen LogP contribution in [0.5, 0.6) is 0 Å². The maximum atomic E-state index is 13.0. The second kappa shape index (κ2) is 7.32. The molecule has 4 rings (SSSR count). The molecule has 1 N–H and O–H groups in total. The third-order valence-corrected chi connectivity index (χ3v) is 6.55. The zero-order chi connectivity index (χ0) is 18.1. The SMILES string of the molecule is O=C(Cn1cnc2sc3c(c2c1=O)CCCCC3)Nc1ccccc1Br. The topological polar surface area (TPSA) is 64.0 Å². The molecule has 134 valence electrons. The van der Waals surface area contributed by atoms with E-state index < -0.39 is 0 Å². The first-order valence-corrected chi connectivity index (χ1v) is 10.3. The van der Waals surface area contributed by atoms with E-state index in [4.69, 9.17) is 0 Å². The number of thiophene rings is 1. The van der Waals surface area contributed by atoms with Crippen molar-refractivity contribution < 1.29 is 4.79 Å². The Morgan fingerprint density at radius 1 is 1.23 bits per heavy atom.